The average Bonchev–Trinajstić information content (AvgIpc) is 3.33. The third-order valence-corrected chi connectivity index (χ3v) is 7.54. The number of amides is 2. The molecule has 0 radical (unpaired) electrons. The summed E-state index contributed by atoms with van der Waals surface area (Å²) in [4.78, 5) is 31.2. The number of aliphatic hydroxyl groups is 1. The zero-order chi connectivity index (χ0) is 25.1. The molecule has 34 heavy (non-hydrogen) atoms. The van der Waals surface area contributed by atoms with Crippen molar-refractivity contribution < 1.29 is 28.2 Å². The molecule has 1 unspecified atom stereocenters. The summed E-state index contributed by atoms with van der Waals surface area (Å²) < 4.78 is 35.3. The number of hydrogen-bond acceptors (Lipinski definition) is 6. The summed E-state index contributed by atoms with van der Waals surface area (Å²) in [5.74, 6) is -7.20. The molecule has 0 bridgehead atoms. The molecule has 0 spiro atoms. The molecule has 1 aliphatic carbocycles. The van der Waals surface area contributed by atoms with Crippen molar-refractivity contribution in [3.8, 4) is 5.75 Å². The second kappa shape index (κ2) is 8.18. The maximum absolute atomic E-state index is 14.7. The fraction of sp³-hybridized carbons (Fsp3) is 0.625. The fourth-order valence-electron chi connectivity index (χ4n) is 5.02. The molecule has 0 saturated heterocycles. The van der Waals surface area contributed by atoms with E-state index in [0.29, 0.717) is 24.2 Å². The second-order valence-electron chi connectivity index (χ2n) is 10.0. The number of fused-ring (bicyclic) bond motifs is 1. The Morgan fingerprint density at radius 1 is 1.29 bits per heavy atom. The van der Waals surface area contributed by atoms with Gasteiger partial charge in [-0.2, -0.15) is 0 Å². The van der Waals surface area contributed by atoms with Crippen LogP contribution in [0.5, 0.6) is 5.75 Å². The van der Waals surface area contributed by atoms with Crippen LogP contribution in [0.25, 0.3) is 0 Å². The monoisotopic (exact) mass is 478 g/mol. The second-order valence-corrected chi connectivity index (χ2v) is 10.0. The smallest absolute Gasteiger partial charge is 0.265 e. The van der Waals surface area contributed by atoms with Gasteiger partial charge in [-0.3, -0.25) is 14.5 Å². The Bertz CT molecular complexity index is 1020. The summed E-state index contributed by atoms with van der Waals surface area (Å²) in [5, 5.41) is 13.4. The molecule has 3 aliphatic rings. The minimum absolute atomic E-state index is 0.0858. The standard InChI is InChI=1S/C24H32F2N4O4/c1-5-23(6-2)11-16(31)30(21(27)29-23)12-14-17(24(14,25)26)20(33)28-18-13-9-7-8-10-15(13)34-22(3,4)19(18)32/h7-10,14,17-19,32H,5-6,11-12H2,1-4H3,(H2,27,29)(H,28,33)/t14-,17?,18+,19-/m0/s1. The molecule has 4 atom stereocenters. The van der Waals surface area contributed by atoms with Crippen LogP contribution in [0.15, 0.2) is 29.3 Å². The van der Waals surface area contributed by atoms with Crippen LogP contribution in [0.1, 0.15) is 58.6 Å². The van der Waals surface area contributed by atoms with E-state index in [1.807, 2.05) is 13.8 Å². The van der Waals surface area contributed by atoms with Gasteiger partial charge in [0, 0.05) is 12.1 Å². The highest BCUT2D eigenvalue weighted by Gasteiger charge is 2.72. The van der Waals surface area contributed by atoms with Crippen LogP contribution in [0, 0.1) is 11.8 Å². The molecule has 2 aliphatic heterocycles. The number of carbonyl (C=O) groups excluding carboxylic acids is 2. The van der Waals surface area contributed by atoms with Crippen LogP contribution >= 0.6 is 0 Å². The molecule has 186 valence electrons. The number of ether oxygens (including phenoxy) is 1. The van der Waals surface area contributed by atoms with Gasteiger partial charge in [-0.05, 0) is 32.8 Å². The van der Waals surface area contributed by atoms with Crippen LogP contribution in [-0.2, 0) is 9.59 Å². The Hall–Kier alpha value is -2.75. The van der Waals surface area contributed by atoms with Gasteiger partial charge in [0.1, 0.15) is 23.4 Å². The number of nitrogens with one attached hydrogen (secondary N) is 1. The van der Waals surface area contributed by atoms with Gasteiger partial charge in [-0.25, -0.2) is 13.8 Å². The lowest BCUT2D eigenvalue weighted by molar-refractivity contribution is -0.131. The molecular weight excluding hydrogens is 446 g/mol. The van der Waals surface area contributed by atoms with E-state index in [0.717, 1.165) is 4.90 Å². The van der Waals surface area contributed by atoms with Gasteiger partial charge in [0.05, 0.1) is 23.9 Å². The Labute approximate surface area is 197 Å². The van der Waals surface area contributed by atoms with Crippen LogP contribution < -0.4 is 15.8 Å². The Morgan fingerprint density at radius 2 is 1.94 bits per heavy atom. The van der Waals surface area contributed by atoms with Crippen molar-refractivity contribution in [2.24, 2.45) is 22.6 Å². The number of guanidine groups is 1. The van der Waals surface area contributed by atoms with E-state index in [1.54, 1.807) is 38.1 Å². The molecule has 1 saturated carbocycles. The SMILES string of the molecule is CCC1(CC)CC(=O)N(C[C@H]2C(C(=O)N[C@@H]3c4ccccc4OC(C)(C)[C@H]3O)C2(F)F)C(N)=N1. The summed E-state index contributed by atoms with van der Waals surface area (Å²) in [7, 11) is 0. The van der Waals surface area contributed by atoms with Gasteiger partial charge < -0.3 is 20.9 Å². The predicted molar refractivity (Wildman–Crippen MR) is 121 cm³/mol. The lowest BCUT2D eigenvalue weighted by Crippen LogP contribution is -2.54. The number of aliphatic hydroxyl groups excluding tert-OH is 1. The van der Waals surface area contributed by atoms with E-state index in [9.17, 15) is 23.5 Å². The number of nitrogens with two attached hydrogens (primary N) is 1. The topological polar surface area (TPSA) is 117 Å². The number of benzene rings is 1. The van der Waals surface area contributed by atoms with Crippen molar-refractivity contribution >= 4 is 17.8 Å². The molecule has 10 heteroatoms. The van der Waals surface area contributed by atoms with Crippen molar-refractivity contribution in [3.05, 3.63) is 29.8 Å². The number of aliphatic imine (C=N–C) groups is 1. The summed E-state index contributed by atoms with van der Waals surface area (Å²) in [6.07, 6.45) is 0.162. The van der Waals surface area contributed by atoms with E-state index in [-0.39, 0.29) is 24.8 Å². The Morgan fingerprint density at radius 3 is 2.56 bits per heavy atom. The molecular formula is C24H32F2N4O4. The molecule has 1 aromatic carbocycles. The lowest BCUT2D eigenvalue weighted by Gasteiger charge is -2.42. The van der Waals surface area contributed by atoms with E-state index in [2.05, 4.69) is 10.3 Å². The van der Waals surface area contributed by atoms with Crippen molar-refractivity contribution in [2.45, 2.75) is 76.2 Å². The minimum Gasteiger partial charge on any atom is -0.485 e. The number of para-hydroxylation sites is 1. The number of halogens is 2. The van der Waals surface area contributed by atoms with E-state index < -0.39 is 47.0 Å². The summed E-state index contributed by atoms with van der Waals surface area (Å²) in [5.41, 5.74) is 4.87. The maximum Gasteiger partial charge on any atom is 0.265 e. The van der Waals surface area contributed by atoms with Gasteiger partial charge in [0.25, 0.3) is 5.92 Å². The average molecular weight is 479 g/mol. The van der Waals surface area contributed by atoms with Crippen molar-refractivity contribution in [1.82, 2.24) is 10.2 Å². The molecule has 4 N–H and O–H groups in total. The van der Waals surface area contributed by atoms with E-state index in [4.69, 9.17) is 10.5 Å². The first kappa shape index (κ1) is 24.4. The molecule has 2 heterocycles. The van der Waals surface area contributed by atoms with Gasteiger partial charge in [-0.1, -0.05) is 32.0 Å². The molecule has 2 amide bonds. The normalized spacial score (nSPS) is 30.6. The van der Waals surface area contributed by atoms with Crippen LogP contribution in [-0.4, -0.2) is 57.5 Å². The molecule has 4 rings (SSSR count). The summed E-state index contributed by atoms with van der Waals surface area (Å²) >= 11 is 0. The highest BCUT2D eigenvalue weighted by molar-refractivity contribution is 5.99. The predicted octanol–water partition coefficient (Wildman–Crippen LogP) is 2.36. The van der Waals surface area contributed by atoms with Crippen LogP contribution in [0.2, 0.25) is 0 Å². The third-order valence-electron chi connectivity index (χ3n) is 7.54. The first-order valence-corrected chi connectivity index (χ1v) is 11.7. The Balaban J connectivity index is 1.51. The fourth-order valence-corrected chi connectivity index (χ4v) is 5.02. The third kappa shape index (κ3) is 3.91. The summed E-state index contributed by atoms with van der Waals surface area (Å²) in [6.45, 7) is 6.75. The zero-order valence-electron chi connectivity index (χ0n) is 19.8. The van der Waals surface area contributed by atoms with Gasteiger partial charge in [-0.15, -0.1) is 0 Å². The first-order valence-electron chi connectivity index (χ1n) is 11.7. The number of hydrogen-bond donors (Lipinski definition) is 3. The van der Waals surface area contributed by atoms with E-state index >= 15 is 0 Å². The molecule has 0 aromatic heterocycles. The van der Waals surface area contributed by atoms with Crippen molar-refractivity contribution in [2.75, 3.05) is 6.54 Å². The highest BCUT2D eigenvalue weighted by atomic mass is 19.3. The maximum atomic E-state index is 14.7. The van der Waals surface area contributed by atoms with Crippen molar-refractivity contribution in [1.29, 1.82) is 0 Å². The van der Waals surface area contributed by atoms with Crippen LogP contribution in [0.4, 0.5) is 8.78 Å². The van der Waals surface area contributed by atoms with Gasteiger partial charge in [0.2, 0.25) is 11.8 Å². The summed E-state index contributed by atoms with van der Waals surface area (Å²) in [6, 6.07) is 5.94. The van der Waals surface area contributed by atoms with Gasteiger partial charge >= 0.3 is 0 Å². The van der Waals surface area contributed by atoms with E-state index in [1.165, 1.54) is 0 Å². The number of alkyl halides is 2. The Kier molecular flexibility index (Phi) is 5.86. The number of carbonyl (C=O) groups is 2. The molecule has 1 fully saturated rings. The zero-order valence-corrected chi connectivity index (χ0v) is 19.8. The molecule has 8 nitrogen and oxygen atoms in total. The largest absolute Gasteiger partial charge is 0.485 e. The first-order chi connectivity index (χ1) is 15.9. The highest BCUT2D eigenvalue weighted by Crippen LogP contribution is 2.56. The molecule has 1 aromatic rings. The number of rotatable bonds is 6. The van der Waals surface area contributed by atoms with Gasteiger partial charge in [0.15, 0.2) is 5.96 Å². The van der Waals surface area contributed by atoms with Crippen LogP contribution in [0.3, 0.4) is 0 Å². The number of nitrogens with zero attached hydrogens (tertiary/aromatic N) is 2. The van der Waals surface area contributed by atoms with Crippen molar-refractivity contribution in [3.63, 3.8) is 0 Å². The lowest BCUT2D eigenvalue weighted by atomic mass is 9.86. The quantitative estimate of drug-likeness (QED) is 0.580. The minimum atomic E-state index is -3.31.